The fourth-order valence-corrected chi connectivity index (χ4v) is 2.23. The van der Waals surface area contributed by atoms with E-state index in [0.29, 0.717) is 30.7 Å². The summed E-state index contributed by atoms with van der Waals surface area (Å²) in [4.78, 5) is 16.1. The van der Waals surface area contributed by atoms with Crippen molar-refractivity contribution >= 4 is 5.91 Å². The zero-order valence-corrected chi connectivity index (χ0v) is 13.2. The first-order chi connectivity index (χ1) is 9.49. The molecule has 1 amide bonds. The Balaban J connectivity index is 2.38. The number of carbonyl (C=O) groups excluding carboxylic acids is 1. The molecular weight excluding hydrogens is 248 g/mol. The summed E-state index contributed by atoms with van der Waals surface area (Å²) in [5.41, 5.74) is 1.05. The Kier molecular flexibility index (Phi) is 7.27. The number of rotatable bonds is 8. The van der Waals surface area contributed by atoms with Gasteiger partial charge in [0.1, 0.15) is 0 Å². The fraction of sp³-hybridized carbons (Fsp3) is 0.647. The molecule has 0 bridgehead atoms. The highest BCUT2D eigenvalue weighted by Gasteiger charge is 2.17. The zero-order valence-electron chi connectivity index (χ0n) is 13.2. The Morgan fingerprint density at radius 1 is 1.25 bits per heavy atom. The number of hydrogen-bond donors (Lipinski definition) is 1. The Morgan fingerprint density at radius 2 is 2.00 bits per heavy atom. The highest BCUT2D eigenvalue weighted by molar-refractivity contribution is 5.76. The SMILES string of the molecule is CC(C)CCC(CC(=O)NCc1cccnc1)C(C)C. The molecule has 112 valence electrons. The van der Waals surface area contributed by atoms with E-state index in [9.17, 15) is 4.79 Å². The summed E-state index contributed by atoms with van der Waals surface area (Å²) in [5.74, 6) is 1.88. The average molecular weight is 276 g/mol. The van der Waals surface area contributed by atoms with Crippen LogP contribution in [-0.2, 0) is 11.3 Å². The van der Waals surface area contributed by atoms with Gasteiger partial charge in [-0.05, 0) is 35.8 Å². The molecule has 0 aromatic carbocycles. The van der Waals surface area contributed by atoms with Gasteiger partial charge in [-0.15, -0.1) is 0 Å². The van der Waals surface area contributed by atoms with Crippen molar-refractivity contribution in [3.8, 4) is 0 Å². The number of nitrogens with one attached hydrogen (secondary N) is 1. The molecule has 1 aromatic heterocycles. The van der Waals surface area contributed by atoms with Crippen molar-refractivity contribution in [1.82, 2.24) is 10.3 Å². The third-order valence-electron chi connectivity index (χ3n) is 3.72. The molecule has 20 heavy (non-hydrogen) atoms. The van der Waals surface area contributed by atoms with Crippen molar-refractivity contribution in [2.24, 2.45) is 17.8 Å². The van der Waals surface area contributed by atoms with Crippen LogP contribution in [0, 0.1) is 17.8 Å². The lowest BCUT2D eigenvalue weighted by atomic mass is 9.86. The third-order valence-corrected chi connectivity index (χ3v) is 3.72. The maximum atomic E-state index is 12.0. The van der Waals surface area contributed by atoms with Gasteiger partial charge in [0.25, 0.3) is 0 Å². The molecule has 1 N–H and O–H groups in total. The van der Waals surface area contributed by atoms with Crippen molar-refractivity contribution in [2.45, 2.75) is 53.5 Å². The van der Waals surface area contributed by atoms with Crippen molar-refractivity contribution < 1.29 is 4.79 Å². The number of amides is 1. The molecule has 1 aromatic rings. The van der Waals surface area contributed by atoms with E-state index >= 15 is 0 Å². The van der Waals surface area contributed by atoms with E-state index in [1.165, 1.54) is 6.42 Å². The summed E-state index contributed by atoms with van der Waals surface area (Å²) in [6.45, 7) is 9.46. The second-order valence-corrected chi connectivity index (χ2v) is 6.32. The zero-order chi connectivity index (χ0) is 15.0. The molecular formula is C17H28N2O. The maximum absolute atomic E-state index is 12.0. The van der Waals surface area contributed by atoms with Crippen LogP contribution in [0.2, 0.25) is 0 Å². The average Bonchev–Trinajstić information content (AvgIpc) is 2.41. The Hall–Kier alpha value is -1.38. The second kappa shape index (κ2) is 8.72. The third kappa shape index (κ3) is 6.69. The second-order valence-electron chi connectivity index (χ2n) is 6.32. The van der Waals surface area contributed by atoms with Crippen LogP contribution in [0.25, 0.3) is 0 Å². The Labute approximate surface area is 123 Å². The van der Waals surface area contributed by atoms with Crippen molar-refractivity contribution in [1.29, 1.82) is 0 Å². The molecule has 0 aliphatic rings. The summed E-state index contributed by atoms with van der Waals surface area (Å²) in [5, 5.41) is 2.99. The topological polar surface area (TPSA) is 42.0 Å². The van der Waals surface area contributed by atoms with Gasteiger partial charge < -0.3 is 5.32 Å². The van der Waals surface area contributed by atoms with Crippen molar-refractivity contribution in [3.63, 3.8) is 0 Å². The van der Waals surface area contributed by atoms with E-state index < -0.39 is 0 Å². The predicted octanol–water partition coefficient (Wildman–Crippen LogP) is 3.80. The van der Waals surface area contributed by atoms with Crippen LogP contribution in [0.4, 0.5) is 0 Å². The minimum atomic E-state index is 0.149. The Morgan fingerprint density at radius 3 is 2.55 bits per heavy atom. The van der Waals surface area contributed by atoms with Gasteiger partial charge in [0.05, 0.1) is 0 Å². The maximum Gasteiger partial charge on any atom is 0.220 e. The van der Waals surface area contributed by atoms with Gasteiger partial charge in [-0.3, -0.25) is 9.78 Å². The van der Waals surface area contributed by atoms with E-state index in [4.69, 9.17) is 0 Å². The molecule has 1 heterocycles. The van der Waals surface area contributed by atoms with Gasteiger partial charge >= 0.3 is 0 Å². The van der Waals surface area contributed by atoms with E-state index in [2.05, 4.69) is 38.0 Å². The van der Waals surface area contributed by atoms with E-state index in [0.717, 1.165) is 12.0 Å². The fourth-order valence-electron chi connectivity index (χ4n) is 2.23. The summed E-state index contributed by atoms with van der Waals surface area (Å²) in [6, 6.07) is 3.87. The van der Waals surface area contributed by atoms with Gasteiger partial charge in [0.2, 0.25) is 5.91 Å². The Bertz CT molecular complexity index is 387. The van der Waals surface area contributed by atoms with E-state index in [-0.39, 0.29) is 5.91 Å². The number of aromatic nitrogens is 1. The molecule has 3 nitrogen and oxygen atoms in total. The molecule has 0 saturated heterocycles. The number of hydrogen-bond acceptors (Lipinski definition) is 2. The van der Waals surface area contributed by atoms with Gasteiger partial charge in [0.15, 0.2) is 0 Å². The van der Waals surface area contributed by atoms with Crippen LogP contribution in [-0.4, -0.2) is 10.9 Å². The van der Waals surface area contributed by atoms with Crippen LogP contribution in [0.15, 0.2) is 24.5 Å². The van der Waals surface area contributed by atoms with Gasteiger partial charge in [-0.25, -0.2) is 0 Å². The summed E-state index contributed by atoms with van der Waals surface area (Å²) in [7, 11) is 0. The minimum Gasteiger partial charge on any atom is -0.352 e. The summed E-state index contributed by atoms with van der Waals surface area (Å²) >= 11 is 0. The summed E-state index contributed by atoms with van der Waals surface area (Å²) < 4.78 is 0. The quantitative estimate of drug-likeness (QED) is 0.784. The van der Waals surface area contributed by atoms with Crippen LogP contribution in [0.3, 0.4) is 0 Å². The molecule has 1 rings (SSSR count). The van der Waals surface area contributed by atoms with Crippen LogP contribution < -0.4 is 5.32 Å². The molecule has 0 saturated carbocycles. The number of nitrogens with zero attached hydrogens (tertiary/aromatic N) is 1. The molecule has 0 aliphatic carbocycles. The van der Waals surface area contributed by atoms with Crippen LogP contribution >= 0.6 is 0 Å². The lowest BCUT2D eigenvalue weighted by molar-refractivity contribution is -0.122. The molecule has 1 atom stereocenters. The van der Waals surface area contributed by atoms with E-state index in [1.807, 2.05) is 12.1 Å². The smallest absolute Gasteiger partial charge is 0.220 e. The standard InChI is InChI=1S/C17H28N2O/c1-13(2)7-8-16(14(3)4)10-17(20)19-12-15-6-5-9-18-11-15/h5-6,9,11,13-14,16H,7-8,10,12H2,1-4H3,(H,19,20). The minimum absolute atomic E-state index is 0.149. The first-order valence-corrected chi connectivity index (χ1v) is 7.64. The highest BCUT2D eigenvalue weighted by Crippen LogP contribution is 2.23. The number of pyridine rings is 1. The van der Waals surface area contributed by atoms with Gasteiger partial charge in [0, 0.05) is 25.4 Å². The van der Waals surface area contributed by atoms with Crippen LogP contribution in [0.5, 0.6) is 0 Å². The predicted molar refractivity (Wildman–Crippen MR) is 83.1 cm³/mol. The lowest BCUT2D eigenvalue weighted by Gasteiger charge is -2.21. The first kappa shape index (κ1) is 16.7. The molecule has 0 spiro atoms. The largest absolute Gasteiger partial charge is 0.352 e. The molecule has 0 aliphatic heterocycles. The van der Waals surface area contributed by atoms with E-state index in [1.54, 1.807) is 12.4 Å². The molecule has 0 radical (unpaired) electrons. The molecule has 0 fully saturated rings. The highest BCUT2D eigenvalue weighted by atomic mass is 16.1. The summed E-state index contributed by atoms with van der Waals surface area (Å²) in [6.07, 6.45) is 6.49. The van der Waals surface area contributed by atoms with Crippen molar-refractivity contribution in [2.75, 3.05) is 0 Å². The van der Waals surface area contributed by atoms with Crippen LogP contribution in [0.1, 0.15) is 52.5 Å². The van der Waals surface area contributed by atoms with Gasteiger partial charge in [-0.2, -0.15) is 0 Å². The van der Waals surface area contributed by atoms with Gasteiger partial charge in [-0.1, -0.05) is 40.2 Å². The lowest BCUT2D eigenvalue weighted by Crippen LogP contribution is -2.27. The van der Waals surface area contributed by atoms with Crippen molar-refractivity contribution in [3.05, 3.63) is 30.1 Å². The first-order valence-electron chi connectivity index (χ1n) is 7.64. The molecule has 1 unspecified atom stereocenters. The normalized spacial score (nSPS) is 12.7. The number of carbonyl (C=O) groups is 1. The monoisotopic (exact) mass is 276 g/mol. The molecule has 3 heteroatoms.